The van der Waals surface area contributed by atoms with Crippen molar-refractivity contribution < 1.29 is 10.2 Å². The van der Waals surface area contributed by atoms with Crippen LogP contribution in [0, 0.1) is 11.3 Å². The molecule has 1 saturated carbocycles. The largest absolute Gasteiger partial charge is 0.396 e. The number of aliphatic hydroxyl groups is 2. The molecule has 2 N–H and O–H groups in total. The van der Waals surface area contributed by atoms with E-state index < -0.39 is 0 Å². The van der Waals surface area contributed by atoms with E-state index in [1.165, 1.54) is 19.3 Å². The first-order chi connectivity index (χ1) is 9.07. The molecule has 1 heterocycles. The molecule has 1 aliphatic heterocycles. The third-order valence-electron chi connectivity index (χ3n) is 5.91. The summed E-state index contributed by atoms with van der Waals surface area (Å²) in [5.41, 5.74) is -0.320. The SMILES string of the molecule is CCC(CC)(CO)CN1CCC2(O)CCCCC2C1. The van der Waals surface area contributed by atoms with Crippen LogP contribution in [0.5, 0.6) is 0 Å². The van der Waals surface area contributed by atoms with Crippen molar-refractivity contribution >= 4 is 0 Å². The van der Waals surface area contributed by atoms with Gasteiger partial charge in [0.2, 0.25) is 0 Å². The van der Waals surface area contributed by atoms with Crippen molar-refractivity contribution in [3.63, 3.8) is 0 Å². The number of hydrogen-bond donors (Lipinski definition) is 2. The van der Waals surface area contributed by atoms with Crippen molar-refractivity contribution in [3.05, 3.63) is 0 Å². The number of hydrogen-bond acceptors (Lipinski definition) is 3. The molecule has 0 aromatic carbocycles. The number of likely N-dealkylation sites (tertiary alicyclic amines) is 1. The van der Waals surface area contributed by atoms with Gasteiger partial charge in [-0.15, -0.1) is 0 Å². The highest BCUT2D eigenvalue weighted by Gasteiger charge is 2.43. The number of fused-ring (bicyclic) bond motifs is 1. The van der Waals surface area contributed by atoms with E-state index in [1.54, 1.807) is 0 Å². The maximum atomic E-state index is 10.7. The zero-order valence-electron chi connectivity index (χ0n) is 12.7. The van der Waals surface area contributed by atoms with Crippen LogP contribution >= 0.6 is 0 Å². The molecule has 0 aromatic rings. The van der Waals surface area contributed by atoms with Gasteiger partial charge in [0.05, 0.1) is 5.60 Å². The summed E-state index contributed by atoms with van der Waals surface area (Å²) in [5.74, 6) is 0.458. The van der Waals surface area contributed by atoms with Crippen LogP contribution in [0.15, 0.2) is 0 Å². The first-order valence-electron chi connectivity index (χ1n) is 8.13. The standard InChI is InChI=1S/C16H31NO2/c1-3-15(4-2,13-18)12-17-10-9-16(19)8-6-5-7-14(16)11-17/h14,18-19H,3-13H2,1-2H3. The first kappa shape index (κ1) is 15.3. The maximum Gasteiger partial charge on any atom is 0.0700 e. The molecule has 2 atom stereocenters. The molecule has 0 amide bonds. The van der Waals surface area contributed by atoms with Gasteiger partial charge in [-0.2, -0.15) is 0 Å². The second-order valence-corrected chi connectivity index (χ2v) is 6.90. The van der Waals surface area contributed by atoms with Crippen LogP contribution in [0.2, 0.25) is 0 Å². The average molecular weight is 269 g/mol. The Bertz CT molecular complexity index is 282. The highest BCUT2D eigenvalue weighted by Crippen LogP contribution is 2.40. The van der Waals surface area contributed by atoms with Gasteiger partial charge in [-0.05, 0) is 32.1 Å². The summed E-state index contributed by atoms with van der Waals surface area (Å²) in [5, 5.41) is 20.4. The third-order valence-corrected chi connectivity index (χ3v) is 5.91. The number of nitrogens with zero attached hydrogens (tertiary/aromatic N) is 1. The molecular weight excluding hydrogens is 238 g/mol. The van der Waals surface area contributed by atoms with Gasteiger partial charge in [-0.1, -0.05) is 26.7 Å². The number of piperidine rings is 1. The van der Waals surface area contributed by atoms with Crippen molar-refractivity contribution in [2.24, 2.45) is 11.3 Å². The Morgan fingerprint density at radius 1 is 1.21 bits per heavy atom. The molecule has 3 heteroatoms. The molecule has 112 valence electrons. The first-order valence-corrected chi connectivity index (χ1v) is 8.13. The molecule has 1 aliphatic carbocycles. The third kappa shape index (κ3) is 3.14. The van der Waals surface area contributed by atoms with E-state index in [0.717, 1.165) is 45.3 Å². The second kappa shape index (κ2) is 6.11. The molecule has 0 radical (unpaired) electrons. The fraction of sp³-hybridized carbons (Fsp3) is 1.00. The monoisotopic (exact) mass is 269 g/mol. The summed E-state index contributed by atoms with van der Waals surface area (Å²) in [6.45, 7) is 7.66. The van der Waals surface area contributed by atoms with Crippen LogP contribution in [-0.4, -0.2) is 47.0 Å². The lowest BCUT2D eigenvalue weighted by atomic mass is 9.70. The second-order valence-electron chi connectivity index (χ2n) is 6.90. The quantitative estimate of drug-likeness (QED) is 0.805. The van der Waals surface area contributed by atoms with Crippen molar-refractivity contribution in [2.75, 3.05) is 26.2 Å². The van der Waals surface area contributed by atoms with Gasteiger partial charge in [0.1, 0.15) is 0 Å². The van der Waals surface area contributed by atoms with Gasteiger partial charge >= 0.3 is 0 Å². The van der Waals surface area contributed by atoms with Crippen molar-refractivity contribution in [1.82, 2.24) is 4.90 Å². The summed E-state index contributed by atoms with van der Waals surface area (Å²) in [6.07, 6.45) is 7.63. The molecule has 0 aromatic heterocycles. The van der Waals surface area contributed by atoms with Crippen LogP contribution < -0.4 is 0 Å². The summed E-state index contributed by atoms with van der Waals surface area (Å²) in [6, 6.07) is 0. The Kier molecular flexibility index (Phi) is 4.91. The van der Waals surface area contributed by atoms with E-state index in [0.29, 0.717) is 5.92 Å². The summed E-state index contributed by atoms with van der Waals surface area (Å²) < 4.78 is 0. The Balaban J connectivity index is 1.97. The average Bonchev–Trinajstić information content (AvgIpc) is 2.45. The lowest BCUT2D eigenvalue weighted by Gasteiger charge is -2.49. The van der Waals surface area contributed by atoms with Gasteiger partial charge in [0, 0.05) is 37.6 Å². The van der Waals surface area contributed by atoms with Crippen molar-refractivity contribution in [3.8, 4) is 0 Å². The molecule has 3 nitrogen and oxygen atoms in total. The minimum atomic E-state index is -0.380. The molecule has 1 saturated heterocycles. The van der Waals surface area contributed by atoms with Gasteiger partial charge in [0.15, 0.2) is 0 Å². The van der Waals surface area contributed by atoms with Gasteiger partial charge in [-0.3, -0.25) is 0 Å². The Hall–Kier alpha value is -0.120. The van der Waals surface area contributed by atoms with Gasteiger partial charge < -0.3 is 15.1 Å². The fourth-order valence-electron chi connectivity index (χ4n) is 4.00. The van der Waals surface area contributed by atoms with Crippen LogP contribution in [-0.2, 0) is 0 Å². The van der Waals surface area contributed by atoms with Crippen LogP contribution in [0.3, 0.4) is 0 Å². The van der Waals surface area contributed by atoms with E-state index in [1.807, 2.05) is 0 Å². The summed E-state index contributed by atoms with van der Waals surface area (Å²) in [4.78, 5) is 2.49. The lowest BCUT2D eigenvalue weighted by Crippen LogP contribution is -2.55. The van der Waals surface area contributed by atoms with E-state index >= 15 is 0 Å². The topological polar surface area (TPSA) is 43.7 Å². The predicted molar refractivity (Wildman–Crippen MR) is 78.1 cm³/mol. The van der Waals surface area contributed by atoms with Crippen LogP contribution in [0.25, 0.3) is 0 Å². The highest BCUT2D eigenvalue weighted by molar-refractivity contribution is 4.96. The maximum absolute atomic E-state index is 10.7. The van der Waals surface area contributed by atoms with E-state index in [9.17, 15) is 10.2 Å². The normalized spacial score (nSPS) is 33.2. The number of aliphatic hydroxyl groups excluding tert-OH is 1. The molecular formula is C16H31NO2. The minimum Gasteiger partial charge on any atom is -0.396 e. The molecule has 19 heavy (non-hydrogen) atoms. The minimum absolute atomic E-state index is 0.0596. The highest BCUT2D eigenvalue weighted by atomic mass is 16.3. The van der Waals surface area contributed by atoms with Gasteiger partial charge in [-0.25, -0.2) is 0 Å². The number of rotatable bonds is 5. The van der Waals surface area contributed by atoms with E-state index in [-0.39, 0.29) is 17.6 Å². The molecule has 0 bridgehead atoms. The van der Waals surface area contributed by atoms with Crippen LogP contribution in [0.1, 0.15) is 58.8 Å². The zero-order chi connectivity index (χ0) is 13.9. The molecule has 2 aliphatic rings. The van der Waals surface area contributed by atoms with Crippen LogP contribution in [0.4, 0.5) is 0 Å². The fourth-order valence-corrected chi connectivity index (χ4v) is 4.00. The smallest absolute Gasteiger partial charge is 0.0700 e. The van der Waals surface area contributed by atoms with Gasteiger partial charge in [0.25, 0.3) is 0 Å². The Labute approximate surface area is 118 Å². The molecule has 0 spiro atoms. The molecule has 2 unspecified atom stereocenters. The van der Waals surface area contributed by atoms with Crippen molar-refractivity contribution in [1.29, 1.82) is 0 Å². The Morgan fingerprint density at radius 2 is 1.95 bits per heavy atom. The van der Waals surface area contributed by atoms with Crippen molar-refractivity contribution in [2.45, 2.75) is 64.4 Å². The summed E-state index contributed by atoms with van der Waals surface area (Å²) >= 11 is 0. The van der Waals surface area contributed by atoms with E-state index in [2.05, 4.69) is 18.7 Å². The molecule has 2 rings (SSSR count). The zero-order valence-corrected chi connectivity index (χ0v) is 12.7. The Morgan fingerprint density at radius 3 is 2.58 bits per heavy atom. The van der Waals surface area contributed by atoms with E-state index in [4.69, 9.17) is 0 Å². The summed E-state index contributed by atoms with van der Waals surface area (Å²) in [7, 11) is 0. The lowest BCUT2D eigenvalue weighted by molar-refractivity contribution is -0.103. The predicted octanol–water partition coefficient (Wildman–Crippen LogP) is 2.41. The molecule has 2 fully saturated rings.